The van der Waals surface area contributed by atoms with Gasteiger partial charge >= 0.3 is 23.9 Å². The second kappa shape index (κ2) is 25.6. The van der Waals surface area contributed by atoms with E-state index in [-0.39, 0.29) is 44.7 Å². The average Bonchev–Trinajstić information content (AvgIpc) is 3.07. The highest BCUT2D eigenvalue weighted by molar-refractivity contribution is 5.82. The number of carbonyl (C=O) groups excluding carboxylic acids is 4. The number of hydrogen-bond donors (Lipinski definition) is 5. The van der Waals surface area contributed by atoms with Crippen molar-refractivity contribution in [2.24, 2.45) is 5.41 Å². The second-order valence-corrected chi connectivity index (χ2v) is 12.5. The van der Waals surface area contributed by atoms with E-state index in [4.69, 9.17) is 18.9 Å². The van der Waals surface area contributed by atoms with E-state index in [0.29, 0.717) is 25.7 Å². The molecule has 0 saturated heterocycles. The van der Waals surface area contributed by atoms with Gasteiger partial charge in [0, 0.05) is 37.1 Å². The second-order valence-electron chi connectivity index (χ2n) is 12.5. The van der Waals surface area contributed by atoms with Crippen molar-refractivity contribution >= 4 is 23.9 Å². The normalized spacial score (nSPS) is 17.2. The molecule has 4 unspecified atom stereocenters. The van der Waals surface area contributed by atoms with E-state index in [1.54, 1.807) is 0 Å². The van der Waals surface area contributed by atoms with Gasteiger partial charge in [0.2, 0.25) is 0 Å². The predicted octanol–water partition coefficient (Wildman–Crippen LogP) is 3.16. The lowest BCUT2D eigenvalue weighted by molar-refractivity contribution is -0.145. The molecule has 1 saturated carbocycles. The molecule has 0 aliphatic heterocycles. The zero-order chi connectivity index (χ0) is 37.3. The number of carbonyl (C=O) groups is 4. The largest absolute Gasteiger partial charge is 0.460 e. The summed E-state index contributed by atoms with van der Waals surface area (Å²) < 4.78 is 19.3. The van der Waals surface area contributed by atoms with Crippen LogP contribution in [0.5, 0.6) is 0 Å². The Kier molecular flexibility index (Phi) is 23.8. The van der Waals surface area contributed by atoms with Gasteiger partial charge < -0.3 is 44.5 Å². The maximum atomic E-state index is 11.1. The third kappa shape index (κ3) is 22.1. The number of esters is 4. The fourth-order valence-corrected chi connectivity index (χ4v) is 5.85. The summed E-state index contributed by atoms with van der Waals surface area (Å²) in [5.74, 6) is -2.46. The van der Waals surface area contributed by atoms with Crippen molar-refractivity contribution in [3.8, 4) is 0 Å². The fraction of sp³-hybridized carbons (Fsp3) is 0.667. The Morgan fingerprint density at radius 1 is 0.633 bits per heavy atom. The Labute approximate surface area is 290 Å². The van der Waals surface area contributed by atoms with Crippen LogP contribution in [-0.4, -0.2) is 106 Å². The van der Waals surface area contributed by atoms with Gasteiger partial charge in [-0.1, -0.05) is 71.8 Å². The number of unbranched alkanes of at least 4 members (excludes halogenated alkanes) is 2. The van der Waals surface area contributed by atoms with E-state index < -0.39 is 53.9 Å². The number of hydrogen-bond acceptors (Lipinski definition) is 13. The molecule has 0 bridgehead atoms. The molecule has 1 aliphatic rings. The van der Waals surface area contributed by atoms with Crippen LogP contribution in [0.2, 0.25) is 0 Å². The van der Waals surface area contributed by atoms with Crippen molar-refractivity contribution < 1.29 is 63.7 Å². The van der Waals surface area contributed by atoms with E-state index >= 15 is 0 Å². The first kappa shape index (κ1) is 45.6. The van der Waals surface area contributed by atoms with Crippen LogP contribution in [0.15, 0.2) is 50.6 Å². The molecule has 4 atom stereocenters. The lowest BCUT2D eigenvalue weighted by Gasteiger charge is -2.40. The number of aliphatic hydroxyl groups is 5. The average molecular weight is 699 g/mol. The molecule has 5 N–H and O–H groups in total. The summed E-state index contributed by atoms with van der Waals surface area (Å²) in [6.45, 7) is 14.4. The molecule has 0 spiro atoms. The number of aliphatic hydroxyl groups excluding tert-OH is 4. The molecule has 0 aromatic heterocycles. The zero-order valence-electron chi connectivity index (χ0n) is 29.0. The van der Waals surface area contributed by atoms with Crippen LogP contribution in [0.25, 0.3) is 0 Å². The van der Waals surface area contributed by atoms with Crippen LogP contribution in [0.4, 0.5) is 0 Å². The maximum absolute atomic E-state index is 11.1. The molecule has 1 aliphatic carbocycles. The summed E-state index contributed by atoms with van der Waals surface area (Å²) in [6, 6.07) is 0. The molecule has 13 heteroatoms. The van der Waals surface area contributed by atoms with Crippen LogP contribution in [0.3, 0.4) is 0 Å². The molecular formula is C36H58O13. The summed E-state index contributed by atoms with van der Waals surface area (Å²) in [4.78, 5) is 44.3. The summed E-state index contributed by atoms with van der Waals surface area (Å²) in [5.41, 5.74) is -1.60. The first-order valence-electron chi connectivity index (χ1n) is 16.8. The quantitative estimate of drug-likeness (QED) is 0.0426. The molecule has 13 nitrogen and oxygen atoms in total. The number of ether oxygens (including phenoxy) is 4. The van der Waals surface area contributed by atoms with Crippen molar-refractivity contribution in [2.75, 3.05) is 26.4 Å². The minimum absolute atomic E-state index is 0.0758. The highest BCUT2D eigenvalue weighted by Gasteiger charge is 2.37. The van der Waals surface area contributed by atoms with Gasteiger partial charge in [-0.2, -0.15) is 0 Å². The number of rotatable bonds is 24. The van der Waals surface area contributed by atoms with Crippen molar-refractivity contribution in [1.29, 1.82) is 0 Å². The van der Waals surface area contributed by atoms with E-state index in [0.717, 1.165) is 69.2 Å². The summed E-state index contributed by atoms with van der Waals surface area (Å²) in [7, 11) is 0. The molecule has 280 valence electrons. The highest BCUT2D eigenvalue weighted by Crippen LogP contribution is 2.44. The summed E-state index contributed by atoms with van der Waals surface area (Å²) in [6.07, 6.45) is 8.90. The minimum atomic E-state index is -1.37. The SMILES string of the molecule is C=CC(=O)OCC(O)CC(O)(CCCCC)CC(O)COC(=O)C=C.C=CC(=O)OCC(O)CC1(CC(O)COC(=O)C=C)CCCCC1. The Bertz CT molecular complexity index is 968. The van der Waals surface area contributed by atoms with Gasteiger partial charge in [-0.15, -0.1) is 0 Å². The molecule has 0 radical (unpaired) electrons. The van der Waals surface area contributed by atoms with Gasteiger partial charge in [0.25, 0.3) is 0 Å². The molecule has 49 heavy (non-hydrogen) atoms. The van der Waals surface area contributed by atoms with Crippen LogP contribution < -0.4 is 0 Å². The monoisotopic (exact) mass is 698 g/mol. The smallest absolute Gasteiger partial charge is 0.330 e. The molecule has 0 aromatic carbocycles. The Morgan fingerprint density at radius 3 is 1.31 bits per heavy atom. The Hall–Kier alpha value is -3.36. The minimum Gasteiger partial charge on any atom is -0.460 e. The molecule has 1 fully saturated rings. The third-order valence-corrected chi connectivity index (χ3v) is 8.07. The molecule has 0 aromatic rings. The van der Waals surface area contributed by atoms with E-state index in [9.17, 15) is 44.7 Å². The highest BCUT2D eigenvalue weighted by atomic mass is 16.6. The van der Waals surface area contributed by atoms with Crippen molar-refractivity contribution in [3.63, 3.8) is 0 Å². The topological polar surface area (TPSA) is 206 Å². The van der Waals surface area contributed by atoms with Gasteiger partial charge in [0.15, 0.2) is 0 Å². The first-order valence-corrected chi connectivity index (χ1v) is 16.8. The van der Waals surface area contributed by atoms with Crippen LogP contribution in [-0.2, 0) is 38.1 Å². The van der Waals surface area contributed by atoms with Crippen molar-refractivity contribution in [2.45, 2.75) is 120 Å². The van der Waals surface area contributed by atoms with Gasteiger partial charge in [-0.25, -0.2) is 19.2 Å². The van der Waals surface area contributed by atoms with E-state index in [1.165, 1.54) is 0 Å². The van der Waals surface area contributed by atoms with Gasteiger partial charge in [-0.05, 0) is 37.5 Å². The Balaban J connectivity index is 0.000000941. The van der Waals surface area contributed by atoms with Gasteiger partial charge in [-0.3, -0.25) is 0 Å². The Morgan fingerprint density at radius 2 is 0.980 bits per heavy atom. The van der Waals surface area contributed by atoms with Crippen LogP contribution in [0, 0.1) is 5.41 Å². The standard InChI is InChI=1S/C18H30O7.C18H28O6/c1-4-7-8-9-18(23,10-14(19)12-24-16(21)5-2)11-15(20)13-25-17(22)6-3;1-3-16(21)23-12-14(19)10-18(8-6-5-7-9-18)11-15(20)13-24-17(22)4-2/h5-6,14-15,19-20,23H,2-4,7-13H2,1H3;3-4,14-15,19-20H,1-2,5-13H2. The fourth-order valence-electron chi connectivity index (χ4n) is 5.85. The van der Waals surface area contributed by atoms with E-state index in [2.05, 4.69) is 26.3 Å². The first-order chi connectivity index (χ1) is 23.2. The van der Waals surface area contributed by atoms with Crippen LogP contribution >= 0.6 is 0 Å². The molecular weight excluding hydrogens is 640 g/mol. The van der Waals surface area contributed by atoms with Crippen molar-refractivity contribution in [1.82, 2.24) is 0 Å². The predicted molar refractivity (Wildman–Crippen MR) is 182 cm³/mol. The lowest BCUT2D eigenvalue weighted by Crippen LogP contribution is -2.40. The van der Waals surface area contributed by atoms with Gasteiger partial charge in [0.1, 0.15) is 26.4 Å². The van der Waals surface area contributed by atoms with Gasteiger partial charge in [0.05, 0.1) is 30.0 Å². The molecule has 0 amide bonds. The van der Waals surface area contributed by atoms with E-state index in [1.807, 2.05) is 6.92 Å². The molecule has 0 heterocycles. The summed E-state index contributed by atoms with van der Waals surface area (Å²) in [5, 5.41) is 51.2. The molecule has 1 rings (SSSR count). The lowest BCUT2D eigenvalue weighted by atomic mass is 9.67. The maximum Gasteiger partial charge on any atom is 0.330 e. The van der Waals surface area contributed by atoms with Crippen LogP contribution in [0.1, 0.15) is 90.4 Å². The third-order valence-electron chi connectivity index (χ3n) is 8.07. The summed E-state index contributed by atoms with van der Waals surface area (Å²) >= 11 is 0. The van der Waals surface area contributed by atoms with Crippen molar-refractivity contribution in [3.05, 3.63) is 50.6 Å². The zero-order valence-corrected chi connectivity index (χ0v) is 29.0.